The van der Waals surface area contributed by atoms with E-state index in [-0.39, 0.29) is 0 Å². The lowest BCUT2D eigenvalue weighted by Gasteiger charge is -2.17. The number of amides is 3. The standard InChI is InChI=1S/C9H14N2O3/c1-2-3-4-5-9(6-12)7(13)10-8(14)11-9/h6H,2-5H2,1H3,(H2,10,11,13,14)/t9-/m1/s1. The number of carbonyl (C=O) groups is 3. The smallest absolute Gasteiger partial charge is 0.317 e. The summed E-state index contributed by atoms with van der Waals surface area (Å²) in [5, 5.41) is 4.42. The zero-order valence-corrected chi connectivity index (χ0v) is 8.13. The summed E-state index contributed by atoms with van der Waals surface area (Å²) in [6.45, 7) is 2.03. The normalized spacial score (nSPS) is 25.8. The first kappa shape index (κ1) is 10.7. The van der Waals surface area contributed by atoms with E-state index in [9.17, 15) is 14.4 Å². The summed E-state index contributed by atoms with van der Waals surface area (Å²) in [6, 6.07) is -0.585. The molecule has 0 aromatic carbocycles. The minimum Gasteiger partial charge on any atom is -0.317 e. The van der Waals surface area contributed by atoms with E-state index in [2.05, 4.69) is 10.6 Å². The van der Waals surface area contributed by atoms with E-state index < -0.39 is 17.5 Å². The Morgan fingerprint density at radius 2 is 2.07 bits per heavy atom. The molecule has 1 saturated heterocycles. The monoisotopic (exact) mass is 198 g/mol. The van der Waals surface area contributed by atoms with Crippen LogP contribution in [0.1, 0.15) is 32.6 Å². The molecule has 0 aliphatic carbocycles. The zero-order valence-electron chi connectivity index (χ0n) is 8.13. The molecule has 1 heterocycles. The number of hydrogen-bond donors (Lipinski definition) is 2. The van der Waals surface area contributed by atoms with Gasteiger partial charge in [0.15, 0.2) is 11.8 Å². The second-order valence-corrected chi connectivity index (χ2v) is 3.45. The highest BCUT2D eigenvalue weighted by molar-refractivity contribution is 6.15. The van der Waals surface area contributed by atoms with E-state index in [1.807, 2.05) is 6.92 Å². The molecule has 1 atom stereocenters. The molecular formula is C9H14N2O3. The molecule has 5 nitrogen and oxygen atoms in total. The van der Waals surface area contributed by atoms with Gasteiger partial charge in [0.2, 0.25) is 0 Å². The summed E-state index contributed by atoms with van der Waals surface area (Å²) in [7, 11) is 0. The maximum absolute atomic E-state index is 11.3. The van der Waals surface area contributed by atoms with Crippen LogP contribution in [-0.4, -0.2) is 23.8 Å². The van der Waals surface area contributed by atoms with Crippen LogP contribution in [0.5, 0.6) is 0 Å². The van der Waals surface area contributed by atoms with Crippen LogP contribution >= 0.6 is 0 Å². The first-order valence-corrected chi connectivity index (χ1v) is 4.74. The number of imide groups is 1. The summed E-state index contributed by atoms with van der Waals surface area (Å²) in [5.74, 6) is -0.534. The van der Waals surface area contributed by atoms with Crippen molar-refractivity contribution in [2.75, 3.05) is 0 Å². The van der Waals surface area contributed by atoms with E-state index >= 15 is 0 Å². The third kappa shape index (κ3) is 1.92. The molecular weight excluding hydrogens is 184 g/mol. The second-order valence-electron chi connectivity index (χ2n) is 3.45. The van der Waals surface area contributed by atoms with Gasteiger partial charge in [0, 0.05) is 0 Å². The van der Waals surface area contributed by atoms with Crippen molar-refractivity contribution in [3.8, 4) is 0 Å². The highest BCUT2D eigenvalue weighted by Gasteiger charge is 2.45. The third-order valence-corrected chi connectivity index (χ3v) is 2.34. The first-order chi connectivity index (χ1) is 6.64. The molecule has 2 N–H and O–H groups in total. The van der Waals surface area contributed by atoms with Gasteiger partial charge in [-0.15, -0.1) is 0 Å². The van der Waals surface area contributed by atoms with Crippen LogP contribution in [0.4, 0.5) is 4.79 Å². The Labute approximate surface area is 82.2 Å². The van der Waals surface area contributed by atoms with Gasteiger partial charge in [0.05, 0.1) is 0 Å². The molecule has 0 unspecified atom stereocenters. The number of hydrogen-bond acceptors (Lipinski definition) is 3. The molecule has 14 heavy (non-hydrogen) atoms. The maximum atomic E-state index is 11.3. The van der Waals surface area contributed by atoms with Crippen molar-refractivity contribution in [3.05, 3.63) is 0 Å². The zero-order chi connectivity index (χ0) is 10.6. The lowest BCUT2D eigenvalue weighted by atomic mass is 9.94. The summed E-state index contributed by atoms with van der Waals surface area (Å²) < 4.78 is 0. The summed E-state index contributed by atoms with van der Waals surface area (Å²) in [4.78, 5) is 33.0. The highest BCUT2D eigenvalue weighted by Crippen LogP contribution is 2.16. The molecule has 1 rings (SSSR count). The van der Waals surface area contributed by atoms with Gasteiger partial charge in [0.1, 0.15) is 0 Å². The lowest BCUT2D eigenvalue weighted by Crippen LogP contribution is -2.48. The molecule has 0 aromatic rings. The Bertz CT molecular complexity index is 265. The molecule has 0 aromatic heterocycles. The predicted molar refractivity (Wildman–Crippen MR) is 49.6 cm³/mol. The van der Waals surface area contributed by atoms with Crippen molar-refractivity contribution < 1.29 is 14.4 Å². The molecule has 0 radical (unpaired) electrons. The molecule has 1 fully saturated rings. The summed E-state index contributed by atoms with van der Waals surface area (Å²) >= 11 is 0. The van der Waals surface area contributed by atoms with Gasteiger partial charge < -0.3 is 10.1 Å². The highest BCUT2D eigenvalue weighted by atomic mass is 16.2. The van der Waals surface area contributed by atoms with Crippen molar-refractivity contribution in [1.29, 1.82) is 0 Å². The van der Waals surface area contributed by atoms with Gasteiger partial charge in [-0.3, -0.25) is 10.1 Å². The van der Waals surface area contributed by atoms with Gasteiger partial charge >= 0.3 is 6.03 Å². The van der Waals surface area contributed by atoms with E-state index in [0.717, 1.165) is 19.3 Å². The van der Waals surface area contributed by atoms with Crippen LogP contribution in [0.3, 0.4) is 0 Å². The largest absolute Gasteiger partial charge is 0.322 e. The topological polar surface area (TPSA) is 75.3 Å². The van der Waals surface area contributed by atoms with Gasteiger partial charge in [-0.25, -0.2) is 4.79 Å². The fraction of sp³-hybridized carbons (Fsp3) is 0.667. The fourth-order valence-corrected chi connectivity index (χ4v) is 1.48. The number of nitrogens with one attached hydrogen (secondary N) is 2. The van der Waals surface area contributed by atoms with Crippen LogP contribution < -0.4 is 10.6 Å². The van der Waals surface area contributed by atoms with E-state index in [1.165, 1.54) is 0 Å². The van der Waals surface area contributed by atoms with Crippen LogP contribution in [0.2, 0.25) is 0 Å². The summed E-state index contributed by atoms with van der Waals surface area (Å²) in [5.41, 5.74) is -1.31. The quantitative estimate of drug-likeness (QED) is 0.289. The lowest BCUT2D eigenvalue weighted by molar-refractivity contribution is -0.129. The van der Waals surface area contributed by atoms with Crippen LogP contribution in [0.25, 0.3) is 0 Å². The molecule has 1 aliphatic rings. The Morgan fingerprint density at radius 3 is 2.50 bits per heavy atom. The van der Waals surface area contributed by atoms with Gasteiger partial charge in [-0.2, -0.15) is 0 Å². The van der Waals surface area contributed by atoms with Gasteiger partial charge in [-0.1, -0.05) is 26.2 Å². The number of carbonyl (C=O) groups excluding carboxylic acids is 3. The predicted octanol–water partition coefficient (Wildman–Crippen LogP) is 0.344. The Balaban J connectivity index is 2.62. The van der Waals surface area contributed by atoms with Crippen molar-refractivity contribution in [3.63, 3.8) is 0 Å². The number of urea groups is 1. The van der Waals surface area contributed by atoms with E-state index in [4.69, 9.17) is 0 Å². The van der Waals surface area contributed by atoms with Crippen molar-refractivity contribution >= 4 is 18.2 Å². The minimum atomic E-state index is -1.31. The van der Waals surface area contributed by atoms with Crippen LogP contribution in [-0.2, 0) is 9.59 Å². The average molecular weight is 198 g/mol. The minimum absolute atomic E-state index is 0.377. The Morgan fingerprint density at radius 1 is 1.36 bits per heavy atom. The fourth-order valence-electron chi connectivity index (χ4n) is 1.48. The summed E-state index contributed by atoms with van der Waals surface area (Å²) in [6.07, 6.45) is 3.59. The molecule has 5 heteroatoms. The number of aldehydes is 1. The van der Waals surface area contributed by atoms with Gasteiger partial charge in [-0.05, 0) is 6.42 Å². The van der Waals surface area contributed by atoms with Crippen molar-refractivity contribution in [1.82, 2.24) is 10.6 Å². The third-order valence-electron chi connectivity index (χ3n) is 2.34. The van der Waals surface area contributed by atoms with E-state index in [1.54, 1.807) is 0 Å². The SMILES string of the molecule is CCCCC[C@]1(C=O)NC(=O)NC1=O. The molecule has 3 amide bonds. The van der Waals surface area contributed by atoms with Crippen molar-refractivity contribution in [2.45, 2.75) is 38.1 Å². The average Bonchev–Trinajstić information content (AvgIpc) is 2.43. The second kappa shape index (κ2) is 4.21. The molecule has 0 bridgehead atoms. The number of rotatable bonds is 5. The molecule has 0 saturated carbocycles. The first-order valence-electron chi connectivity index (χ1n) is 4.74. The molecule has 1 aliphatic heterocycles. The molecule has 78 valence electrons. The van der Waals surface area contributed by atoms with E-state index in [0.29, 0.717) is 12.7 Å². The Kier molecular flexibility index (Phi) is 3.22. The van der Waals surface area contributed by atoms with Crippen molar-refractivity contribution in [2.24, 2.45) is 0 Å². The number of unbranched alkanes of at least 4 members (excludes halogenated alkanes) is 2. The van der Waals surface area contributed by atoms with Crippen LogP contribution in [0.15, 0.2) is 0 Å². The maximum Gasteiger partial charge on any atom is 0.322 e. The molecule has 0 spiro atoms. The van der Waals surface area contributed by atoms with Gasteiger partial charge in [0.25, 0.3) is 5.91 Å². The van der Waals surface area contributed by atoms with Crippen LogP contribution in [0, 0.1) is 0 Å². The Hall–Kier alpha value is -1.39.